The van der Waals surface area contributed by atoms with Crippen LogP contribution in [0.15, 0.2) is 24.3 Å². The van der Waals surface area contributed by atoms with Crippen molar-refractivity contribution in [1.29, 1.82) is 0 Å². The molecule has 4 nitrogen and oxygen atoms in total. The molecule has 0 spiro atoms. The highest BCUT2D eigenvalue weighted by molar-refractivity contribution is 5.75. The minimum absolute atomic E-state index is 0.676. The fourth-order valence-corrected chi connectivity index (χ4v) is 3.24. The van der Waals surface area contributed by atoms with E-state index in [-0.39, 0.29) is 0 Å². The quantitative estimate of drug-likeness (QED) is 0.916. The molecule has 1 atom stereocenters. The second kappa shape index (κ2) is 6.16. The highest BCUT2D eigenvalue weighted by atomic mass is 15.2. The molecule has 1 saturated heterocycles. The highest BCUT2D eigenvalue weighted by Crippen LogP contribution is 2.18. The van der Waals surface area contributed by atoms with Crippen molar-refractivity contribution in [2.24, 2.45) is 13.0 Å². The van der Waals surface area contributed by atoms with E-state index < -0.39 is 0 Å². The van der Waals surface area contributed by atoms with Gasteiger partial charge in [0.25, 0.3) is 0 Å². The maximum Gasteiger partial charge on any atom is 0.123 e. The lowest BCUT2D eigenvalue weighted by Gasteiger charge is -2.20. The first-order valence-corrected chi connectivity index (χ1v) is 8.00. The Bertz CT molecular complexity index is 602. The van der Waals surface area contributed by atoms with Crippen LogP contribution in [-0.4, -0.2) is 40.1 Å². The number of hydrogen-bond acceptors (Lipinski definition) is 3. The predicted octanol–water partition coefficient (Wildman–Crippen LogP) is 2.39. The summed E-state index contributed by atoms with van der Waals surface area (Å²) in [5.41, 5.74) is 2.30. The number of rotatable bonds is 5. The first-order valence-electron chi connectivity index (χ1n) is 8.00. The lowest BCUT2D eigenvalue weighted by atomic mass is 10.1. The van der Waals surface area contributed by atoms with E-state index in [1.807, 2.05) is 6.07 Å². The lowest BCUT2D eigenvalue weighted by Crippen LogP contribution is -2.30. The Morgan fingerprint density at radius 3 is 2.86 bits per heavy atom. The van der Waals surface area contributed by atoms with Gasteiger partial charge in [0, 0.05) is 19.6 Å². The van der Waals surface area contributed by atoms with Gasteiger partial charge in [0.1, 0.15) is 5.82 Å². The third-order valence-electron chi connectivity index (χ3n) is 4.64. The molecule has 4 heteroatoms. The van der Waals surface area contributed by atoms with E-state index in [1.54, 1.807) is 0 Å². The molecule has 0 amide bonds. The molecule has 0 aliphatic carbocycles. The summed E-state index contributed by atoms with van der Waals surface area (Å²) in [4.78, 5) is 7.28. The molecule has 1 unspecified atom stereocenters. The molecule has 1 aliphatic heterocycles. The summed E-state index contributed by atoms with van der Waals surface area (Å²) >= 11 is 0. The Hall–Kier alpha value is -1.39. The summed E-state index contributed by atoms with van der Waals surface area (Å²) in [6.07, 6.45) is 1.31. The standard InChI is InChI=1S/C17H26N4/c1-13(2)21-9-8-14(12-21)10-18-11-17-19-15-6-4-5-7-16(15)20(17)3/h4-7,13-14,18H,8-12H2,1-3H3. The third-order valence-corrected chi connectivity index (χ3v) is 4.64. The number of nitrogens with zero attached hydrogens (tertiary/aromatic N) is 3. The van der Waals surface area contributed by atoms with Crippen molar-refractivity contribution >= 4 is 11.0 Å². The molecule has 2 aromatic rings. The molecule has 0 bridgehead atoms. The SMILES string of the molecule is CC(C)N1CCC(CNCc2nc3ccccc3n2C)C1. The predicted molar refractivity (Wildman–Crippen MR) is 87.2 cm³/mol. The molecule has 3 rings (SSSR count). The Morgan fingerprint density at radius 2 is 2.14 bits per heavy atom. The van der Waals surface area contributed by atoms with Gasteiger partial charge in [-0.15, -0.1) is 0 Å². The summed E-state index contributed by atoms with van der Waals surface area (Å²) in [6.45, 7) is 8.99. The van der Waals surface area contributed by atoms with Crippen LogP contribution in [0, 0.1) is 5.92 Å². The van der Waals surface area contributed by atoms with Crippen molar-refractivity contribution in [1.82, 2.24) is 19.8 Å². The summed E-state index contributed by atoms with van der Waals surface area (Å²) in [7, 11) is 2.10. The van der Waals surface area contributed by atoms with Crippen molar-refractivity contribution in [3.63, 3.8) is 0 Å². The van der Waals surface area contributed by atoms with Crippen LogP contribution >= 0.6 is 0 Å². The number of aromatic nitrogens is 2. The molecule has 1 aromatic heterocycles. The van der Waals surface area contributed by atoms with Gasteiger partial charge >= 0.3 is 0 Å². The van der Waals surface area contributed by atoms with Crippen LogP contribution in [0.3, 0.4) is 0 Å². The van der Waals surface area contributed by atoms with E-state index in [0.717, 1.165) is 30.3 Å². The zero-order valence-corrected chi connectivity index (χ0v) is 13.3. The second-order valence-electron chi connectivity index (χ2n) is 6.45. The summed E-state index contributed by atoms with van der Waals surface area (Å²) < 4.78 is 2.19. The van der Waals surface area contributed by atoms with E-state index >= 15 is 0 Å². The summed E-state index contributed by atoms with van der Waals surface area (Å²) in [5, 5.41) is 3.59. The van der Waals surface area contributed by atoms with Crippen molar-refractivity contribution in [2.45, 2.75) is 32.9 Å². The van der Waals surface area contributed by atoms with E-state index in [1.165, 1.54) is 25.0 Å². The largest absolute Gasteiger partial charge is 0.330 e. The maximum atomic E-state index is 4.71. The highest BCUT2D eigenvalue weighted by Gasteiger charge is 2.23. The fraction of sp³-hybridized carbons (Fsp3) is 0.588. The maximum absolute atomic E-state index is 4.71. The number of aryl methyl sites for hydroxylation is 1. The molecular formula is C17H26N4. The molecular weight excluding hydrogens is 260 g/mol. The van der Waals surface area contributed by atoms with Crippen LogP contribution in [0.1, 0.15) is 26.1 Å². The van der Waals surface area contributed by atoms with Gasteiger partial charge < -0.3 is 14.8 Å². The molecule has 114 valence electrons. The molecule has 21 heavy (non-hydrogen) atoms. The third kappa shape index (κ3) is 3.11. The van der Waals surface area contributed by atoms with Crippen molar-refractivity contribution in [3.8, 4) is 0 Å². The van der Waals surface area contributed by atoms with Crippen LogP contribution in [0.5, 0.6) is 0 Å². The monoisotopic (exact) mass is 286 g/mol. The number of hydrogen-bond donors (Lipinski definition) is 1. The van der Waals surface area contributed by atoms with Crippen molar-refractivity contribution in [3.05, 3.63) is 30.1 Å². The summed E-state index contributed by atoms with van der Waals surface area (Å²) in [6, 6.07) is 9.00. The topological polar surface area (TPSA) is 33.1 Å². The smallest absolute Gasteiger partial charge is 0.123 e. The van der Waals surface area contributed by atoms with Crippen LogP contribution in [0.2, 0.25) is 0 Å². The number of nitrogens with one attached hydrogen (secondary N) is 1. The normalized spacial score (nSPS) is 19.9. The molecule has 1 fully saturated rings. The van der Waals surface area contributed by atoms with E-state index in [2.05, 4.69) is 53.9 Å². The van der Waals surface area contributed by atoms with Gasteiger partial charge in [-0.3, -0.25) is 0 Å². The molecule has 0 saturated carbocycles. The van der Waals surface area contributed by atoms with Crippen molar-refractivity contribution in [2.75, 3.05) is 19.6 Å². The number of imidazole rings is 1. The first kappa shape index (κ1) is 14.5. The Kier molecular flexibility index (Phi) is 4.27. The zero-order valence-electron chi connectivity index (χ0n) is 13.3. The second-order valence-corrected chi connectivity index (χ2v) is 6.45. The average Bonchev–Trinajstić information content (AvgIpc) is 3.06. The average molecular weight is 286 g/mol. The zero-order chi connectivity index (χ0) is 14.8. The van der Waals surface area contributed by atoms with Gasteiger partial charge in [0.15, 0.2) is 0 Å². The van der Waals surface area contributed by atoms with Crippen LogP contribution in [-0.2, 0) is 13.6 Å². The first-order chi connectivity index (χ1) is 10.1. The van der Waals surface area contributed by atoms with Gasteiger partial charge in [-0.1, -0.05) is 12.1 Å². The Balaban J connectivity index is 1.54. The molecule has 1 N–H and O–H groups in total. The van der Waals surface area contributed by atoms with Gasteiger partial charge in [0.2, 0.25) is 0 Å². The van der Waals surface area contributed by atoms with E-state index in [9.17, 15) is 0 Å². The number of fused-ring (bicyclic) bond motifs is 1. The fourth-order valence-electron chi connectivity index (χ4n) is 3.24. The van der Waals surface area contributed by atoms with Gasteiger partial charge in [-0.25, -0.2) is 4.98 Å². The lowest BCUT2D eigenvalue weighted by molar-refractivity contribution is 0.264. The van der Waals surface area contributed by atoms with Crippen LogP contribution in [0.4, 0.5) is 0 Å². The van der Waals surface area contributed by atoms with Gasteiger partial charge in [0.05, 0.1) is 17.6 Å². The molecule has 1 aliphatic rings. The molecule has 2 heterocycles. The van der Waals surface area contributed by atoms with E-state index in [0.29, 0.717) is 6.04 Å². The minimum atomic E-state index is 0.676. The van der Waals surface area contributed by atoms with E-state index in [4.69, 9.17) is 4.98 Å². The van der Waals surface area contributed by atoms with Gasteiger partial charge in [-0.2, -0.15) is 0 Å². The van der Waals surface area contributed by atoms with Crippen LogP contribution < -0.4 is 5.32 Å². The number of likely N-dealkylation sites (tertiary alicyclic amines) is 1. The summed E-state index contributed by atoms with van der Waals surface area (Å²) in [5.74, 6) is 1.90. The Labute approximate surface area is 127 Å². The number of para-hydroxylation sites is 2. The van der Waals surface area contributed by atoms with Crippen molar-refractivity contribution < 1.29 is 0 Å². The minimum Gasteiger partial charge on any atom is -0.330 e. The van der Waals surface area contributed by atoms with Crippen LogP contribution in [0.25, 0.3) is 11.0 Å². The van der Waals surface area contributed by atoms with Gasteiger partial charge in [-0.05, 0) is 51.4 Å². The molecule has 0 radical (unpaired) electrons. The Morgan fingerprint density at radius 1 is 1.33 bits per heavy atom. The number of benzene rings is 1. The molecule has 1 aromatic carbocycles.